The van der Waals surface area contributed by atoms with Gasteiger partial charge in [-0.1, -0.05) is 24.3 Å². The minimum atomic E-state index is -0.589. The first kappa shape index (κ1) is 18.5. The molecule has 0 unspecified atom stereocenters. The molecular weight excluding hydrogens is 336 g/mol. The molecule has 132 valence electrons. The van der Waals surface area contributed by atoms with E-state index >= 15 is 0 Å². The van der Waals surface area contributed by atoms with Crippen LogP contribution in [-0.4, -0.2) is 17.9 Å². The lowest BCUT2D eigenvalue weighted by molar-refractivity contribution is -0.383. The number of para-hydroxylation sites is 2. The molecule has 0 aliphatic heterocycles. The quantitative estimate of drug-likeness (QED) is 0.342. The molecule has 0 aromatic heterocycles. The van der Waals surface area contributed by atoms with Crippen LogP contribution in [0.1, 0.15) is 5.56 Å². The molecule has 0 fully saturated rings. The third-order valence-corrected chi connectivity index (χ3v) is 3.45. The molecule has 0 spiro atoms. The number of rotatable bonds is 7. The van der Waals surface area contributed by atoms with Crippen LogP contribution < -0.4 is 15.4 Å². The van der Waals surface area contributed by atoms with Crippen LogP contribution in [0.15, 0.2) is 60.3 Å². The number of carbonyl (C=O) groups is 1. The summed E-state index contributed by atoms with van der Waals surface area (Å²) < 4.78 is 5.06. The molecule has 0 radical (unpaired) electrons. The van der Waals surface area contributed by atoms with Crippen LogP contribution >= 0.6 is 0 Å². The Hall–Kier alpha value is -3.86. The number of nitriles is 1. The van der Waals surface area contributed by atoms with Gasteiger partial charge >= 0.3 is 0 Å². The molecule has 2 aromatic carbocycles. The van der Waals surface area contributed by atoms with E-state index in [0.29, 0.717) is 5.75 Å². The van der Waals surface area contributed by atoms with Crippen LogP contribution in [0.4, 0.5) is 11.4 Å². The normalized spacial score (nSPS) is 10.5. The second-order valence-electron chi connectivity index (χ2n) is 5.12. The van der Waals surface area contributed by atoms with Gasteiger partial charge in [-0.05, 0) is 23.8 Å². The van der Waals surface area contributed by atoms with Crippen LogP contribution in [0.5, 0.6) is 5.75 Å². The fourth-order valence-corrected chi connectivity index (χ4v) is 2.07. The molecule has 0 saturated carbocycles. The van der Waals surface area contributed by atoms with E-state index in [1.165, 1.54) is 18.2 Å². The Labute approximate surface area is 149 Å². The first-order valence-corrected chi connectivity index (χ1v) is 7.56. The van der Waals surface area contributed by atoms with Crippen molar-refractivity contribution in [2.75, 3.05) is 12.4 Å². The van der Waals surface area contributed by atoms with Crippen LogP contribution in [0.3, 0.4) is 0 Å². The number of carbonyl (C=O) groups excluding carboxylic acids is 1. The van der Waals surface area contributed by atoms with E-state index in [9.17, 15) is 14.9 Å². The minimum absolute atomic E-state index is 0.153. The van der Waals surface area contributed by atoms with Crippen molar-refractivity contribution in [3.8, 4) is 11.8 Å². The van der Waals surface area contributed by atoms with Crippen LogP contribution in [0.2, 0.25) is 0 Å². The topological polar surface area (TPSA) is 117 Å². The zero-order valence-corrected chi connectivity index (χ0v) is 13.9. The summed E-state index contributed by atoms with van der Waals surface area (Å²) in [5.74, 6) is 0.112. The van der Waals surface area contributed by atoms with Crippen molar-refractivity contribution in [3.05, 3.63) is 76.0 Å². The number of nitrogens with one attached hydrogen (secondary N) is 2. The molecule has 2 aromatic rings. The SMILES string of the molecule is COc1ccc(CNC(=O)/C(C#N)=C\Nc2ccccc2[N+](=O)[O-])cc1. The standard InChI is InChI=1S/C18H16N4O4/c1-26-15-8-6-13(7-9-15)11-21-18(23)14(10-19)12-20-16-4-2-3-5-17(16)22(24)25/h2-9,12,20H,11H2,1H3,(H,21,23)/b14-12-. The molecule has 1 amide bonds. The fourth-order valence-electron chi connectivity index (χ4n) is 2.07. The summed E-state index contributed by atoms with van der Waals surface area (Å²) in [5.41, 5.74) is 0.674. The molecule has 2 rings (SSSR count). The average Bonchev–Trinajstić information content (AvgIpc) is 2.67. The van der Waals surface area contributed by atoms with Gasteiger partial charge in [-0.2, -0.15) is 5.26 Å². The second-order valence-corrected chi connectivity index (χ2v) is 5.12. The van der Waals surface area contributed by atoms with Gasteiger partial charge in [0.2, 0.25) is 0 Å². The van der Waals surface area contributed by atoms with Crippen LogP contribution in [-0.2, 0) is 11.3 Å². The van der Waals surface area contributed by atoms with E-state index in [-0.39, 0.29) is 23.5 Å². The molecular formula is C18H16N4O4. The molecule has 0 aliphatic carbocycles. The van der Waals surface area contributed by atoms with E-state index in [1.54, 1.807) is 43.5 Å². The maximum absolute atomic E-state index is 12.1. The van der Waals surface area contributed by atoms with Crippen LogP contribution in [0, 0.1) is 21.4 Å². The van der Waals surface area contributed by atoms with Gasteiger partial charge in [0, 0.05) is 18.8 Å². The van der Waals surface area contributed by atoms with Gasteiger partial charge in [0.05, 0.1) is 12.0 Å². The Balaban J connectivity index is 2.03. The van der Waals surface area contributed by atoms with E-state index in [4.69, 9.17) is 10.00 Å². The van der Waals surface area contributed by atoms with E-state index in [2.05, 4.69) is 10.6 Å². The van der Waals surface area contributed by atoms with Gasteiger partial charge in [0.15, 0.2) is 0 Å². The number of nitrogens with zero attached hydrogens (tertiary/aromatic N) is 2. The highest BCUT2D eigenvalue weighted by Gasteiger charge is 2.13. The first-order valence-electron chi connectivity index (χ1n) is 7.56. The highest BCUT2D eigenvalue weighted by molar-refractivity contribution is 5.97. The largest absolute Gasteiger partial charge is 0.497 e. The molecule has 0 heterocycles. The Bertz CT molecular complexity index is 870. The number of ether oxygens (including phenoxy) is 1. The fraction of sp³-hybridized carbons (Fsp3) is 0.111. The van der Waals surface area contributed by atoms with Gasteiger partial charge in [0.25, 0.3) is 11.6 Å². The maximum atomic E-state index is 12.1. The van der Waals surface area contributed by atoms with Crippen molar-refractivity contribution in [3.63, 3.8) is 0 Å². The Morgan fingerprint density at radius 2 is 1.96 bits per heavy atom. The Morgan fingerprint density at radius 3 is 2.58 bits per heavy atom. The lowest BCUT2D eigenvalue weighted by Crippen LogP contribution is -2.24. The molecule has 0 saturated heterocycles. The summed E-state index contributed by atoms with van der Waals surface area (Å²) in [5, 5.41) is 25.4. The molecule has 8 heteroatoms. The number of benzene rings is 2. The maximum Gasteiger partial charge on any atom is 0.292 e. The highest BCUT2D eigenvalue weighted by atomic mass is 16.6. The molecule has 8 nitrogen and oxygen atoms in total. The predicted octanol–water partition coefficient (Wildman–Crippen LogP) is 2.74. The van der Waals surface area contributed by atoms with E-state index in [0.717, 1.165) is 11.8 Å². The summed E-state index contributed by atoms with van der Waals surface area (Å²) in [7, 11) is 1.56. The number of nitro groups is 1. The molecule has 26 heavy (non-hydrogen) atoms. The lowest BCUT2D eigenvalue weighted by atomic mass is 10.2. The summed E-state index contributed by atoms with van der Waals surface area (Å²) in [6, 6.07) is 14.8. The zero-order valence-electron chi connectivity index (χ0n) is 13.9. The van der Waals surface area contributed by atoms with Crippen molar-refractivity contribution in [2.45, 2.75) is 6.54 Å². The number of hydrogen-bond donors (Lipinski definition) is 2. The van der Waals surface area contributed by atoms with Crippen molar-refractivity contribution >= 4 is 17.3 Å². The molecule has 2 N–H and O–H groups in total. The minimum Gasteiger partial charge on any atom is -0.497 e. The van der Waals surface area contributed by atoms with Gasteiger partial charge in [-0.15, -0.1) is 0 Å². The number of amides is 1. The number of nitro benzene ring substituents is 1. The third kappa shape index (κ3) is 4.82. The lowest BCUT2D eigenvalue weighted by Gasteiger charge is -2.06. The van der Waals surface area contributed by atoms with Crippen molar-refractivity contribution < 1.29 is 14.5 Å². The Morgan fingerprint density at radius 1 is 1.27 bits per heavy atom. The van der Waals surface area contributed by atoms with Gasteiger partial charge < -0.3 is 15.4 Å². The summed E-state index contributed by atoms with van der Waals surface area (Å²) in [6.45, 7) is 0.229. The predicted molar refractivity (Wildman–Crippen MR) is 95.3 cm³/mol. The summed E-state index contributed by atoms with van der Waals surface area (Å²) in [6.07, 6.45) is 1.14. The van der Waals surface area contributed by atoms with Crippen molar-refractivity contribution in [1.82, 2.24) is 5.32 Å². The average molecular weight is 352 g/mol. The third-order valence-electron chi connectivity index (χ3n) is 3.45. The number of hydrogen-bond acceptors (Lipinski definition) is 6. The number of methoxy groups -OCH3 is 1. The second kappa shape index (κ2) is 8.84. The molecule has 0 bridgehead atoms. The molecule has 0 atom stereocenters. The monoisotopic (exact) mass is 352 g/mol. The zero-order chi connectivity index (χ0) is 18.9. The van der Waals surface area contributed by atoms with E-state index in [1.807, 2.05) is 0 Å². The van der Waals surface area contributed by atoms with Gasteiger partial charge in [0.1, 0.15) is 23.1 Å². The first-order chi connectivity index (χ1) is 12.5. The summed E-state index contributed by atoms with van der Waals surface area (Å²) in [4.78, 5) is 22.5. The van der Waals surface area contributed by atoms with Crippen molar-refractivity contribution in [1.29, 1.82) is 5.26 Å². The smallest absolute Gasteiger partial charge is 0.292 e. The molecule has 0 aliphatic rings. The van der Waals surface area contributed by atoms with Crippen molar-refractivity contribution in [2.24, 2.45) is 0 Å². The number of anilines is 1. The summed E-state index contributed by atoms with van der Waals surface area (Å²) >= 11 is 0. The van der Waals surface area contributed by atoms with Crippen LogP contribution in [0.25, 0.3) is 0 Å². The Kier molecular flexibility index (Phi) is 6.28. The van der Waals surface area contributed by atoms with E-state index < -0.39 is 10.8 Å². The van der Waals surface area contributed by atoms with Gasteiger partial charge in [-0.25, -0.2) is 0 Å². The van der Waals surface area contributed by atoms with Gasteiger partial charge in [-0.3, -0.25) is 14.9 Å². The highest BCUT2D eigenvalue weighted by Crippen LogP contribution is 2.23.